The van der Waals surface area contributed by atoms with Gasteiger partial charge < -0.3 is 15.5 Å². The first kappa shape index (κ1) is 16.9. The lowest BCUT2D eigenvalue weighted by Gasteiger charge is -2.20. The molecule has 3 heteroatoms. The molecule has 0 aliphatic rings. The van der Waals surface area contributed by atoms with Crippen LogP contribution in [0, 0.1) is 0 Å². The largest absolute Gasteiger partial charge is 0.317 e. The predicted octanol–water partition coefficient (Wildman–Crippen LogP) is 2.09. The summed E-state index contributed by atoms with van der Waals surface area (Å²) in [7, 11) is 2.20. The Morgan fingerprint density at radius 2 is 1.41 bits per heavy atom. The molecule has 0 aliphatic carbocycles. The zero-order valence-corrected chi connectivity index (χ0v) is 12.4. The first-order valence-corrected chi connectivity index (χ1v) is 7.30. The summed E-state index contributed by atoms with van der Waals surface area (Å²) >= 11 is 0. The second kappa shape index (κ2) is 12.3. The molecule has 2 N–H and O–H groups in total. The highest BCUT2D eigenvalue weighted by atomic mass is 15.1. The SMILES string of the molecule is CCCNCCCCNCCCN(C)C(C)C. The van der Waals surface area contributed by atoms with Gasteiger partial charge in [-0.15, -0.1) is 0 Å². The number of hydrogen-bond donors (Lipinski definition) is 2. The molecule has 0 unspecified atom stereocenters. The van der Waals surface area contributed by atoms with E-state index in [0.717, 1.165) is 13.1 Å². The van der Waals surface area contributed by atoms with E-state index in [2.05, 4.69) is 43.4 Å². The second-order valence-corrected chi connectivity index (χ2v) is 5.14. The third-order valence-electron chi connectivity index (χ3n) is 3.13. The van der Waals surface area contributed by atoms with Gasteiger partial charge in [0.2, 0.25) is 0 Å². The van der Waals surface area contributed by atoms with E-state index in [1.54, 1.807) is 0 Å². The smallest absolute Gasteiger partial charge is 0.00355 e. The standard InChI is InChI=1S/C14H33N3/c1-5-9-15-10-6-7-11-16-12-8-13-17(4)14(2)3/h14-16H,5-13H2,1-4H3. The van der Waals surface area contributed by atoms with Crippen molar-refractivity contribution >= 4 is 0 Å². The van der Waals surface area contributed by atoms with Crippen molar-refractivity contribution < 1.29 is 0 Å². The molecule has 0 atom stereocenters. The van der Waals surface area contributed by atoms with Gasteiger partial charge in [0.25, 0.3) is 0 Å². The maximum Gasteiger partial charge on any atom is 0.00355 e. The van der Waals surface area contributed by atoms with E-state index in [-0.39, 0.29) is 0 Å². The fourth-order valence-electron chi connectivity index (χ4n) is 1.64. The van der Waals surface area contributed by atoms with E-state index < -0.39 is 0 Å². The van der Waals surface area contributed by atoms with Gasteiger partial charge in [-0.05, 0) is 79.3 Å². The maximum absolute atomic E-state index is 3.52. The molecule has 0 saturated heterocycles. The molecule has 0 spiro atoms. The van der Waals surface area contributed by atoms with Crippen LogP contribution in [0.5, 0.6) is 0 Å². The summed E-state index contributed by atoms with van der Waals surface area (Å²) in [5.41, 5.74) is 0. The Morgan fingerprint density at radius 1 is 0.882 bits per heavy atom. The van der Waals surface area contributed by atoms with Crippen LogP contribution >= 0.6 is 0 Å². The molecule has 0 aliphatic heterocycles. The molecule has 17 heavy (non-hydrogen) atoms. The van der Waals surface area contributed by atoms with Crippen LogP contribution in [0.4, 0.5) is 0 Å². The van der Waals surface area contributed by atoms with Gasteiger partial charge in [0.15, 0.2) is 0 Å². The number of nitrogens with zero attached hydrogens (tertiary/aromatic N) is 1. The molecule has 0 saturated carbocycles. The monoisotopic (exact) mass is 243 g/mol. The summed E-state index contributed by atoms with van der Waals surface area (Å²) in [6.07, 6.45) is 5.07. The Hall–Kier alpha value is -0.120. The molecule has 0 aromatic carbocycles. The summed E-state index contributed by atoms with van der Waals surface area (Å²) in [4.78, 5) is 2.40. The molecular formula is C14H33N3. The molecule has 0 bridgehead atoms. The topological polar surface area (TPSA) is 27.3 Å². The number of unbranched alkanes of at least 4 members (excludes halogenated alkanes) is 1. The van der Waals surface area contributed by atoms with Crippen LogP contribution in [-0.4, -0.2) is 50.7 Å². The summed E-state index contributed by atoms with van der Waals surface area (Å²) in [5, 5.41) is 6.95. The minimum absolute atomic E-state index is 0.666. The van der Waals surface area contributed by atoms with Gasteiger partial charge in [0.05, 0.1) is 0 Å². The van der Waals surface area contributed by atoms with Gasteiger partial charge in [-0.25, -0.2) is 0 Å². The van der Waals surface area contributed by atoms with Gasteiger partial charge in [0, 0.05) is 6.04 Å². The number of nitrogens with one attached hydrogen (secondary N) is 2. The lowest BCUT2D eigenvalue weighted by atomic mass is 10.3. The second-order valence-electron chi connectivity index (χ2n) is 5.14. The van der Waals surface area contributed by atoms with Crippen molar-refractivity contribution in [1.29, 1.82) is 0 Å². The predicted molar refractivity (Wildman–Crippen MR) is 77.6 cm³/mol. The first-order chi connectivity index (χ1) is 8.18. The molecule has 0 radical (unpaired) electrons. The highest BCUT2D eigenvalue weighted by Crippen LogP contribution is 1.94. The Labute approximate surface area is 108 Å². The van der Waals surface area contributed by atoms with Crippen molar-refractivity contribution in [2.75, 3.05) is 39.8 Å². The molecule has 104 valence electrons. The Morgan fingerprint density at radius 3 is 1.94 bits per heavy atom. The summed E-state index contributed by atoms with van der Waals surface area (Å²) in [5.74, 6) is 0. The lowest BCUT2D eigenvalue weighted by Crippen LogP contribution is -2.29. The molecule has 0 aromatic heterocycles. The molecule has 0 fully saturated rings. The molecule has 0 rings (SSSR count). The molecule has 3 nitrogen and oxygen atoms in total. The van der Waals surface area contributed by atoms with Crippen LogP contribution in [0.2, 0.25) is 0 Å². The molecule has 0 aromatic rings. The van der Waals surface area contributed by atoms with E-state index >= 15 is 0 Å². The molecule has 0 heterocycles. The van der Waals surface area contributed by atoms with E-state index in [9.17, 15) is 0 Å². The summed E-state index contributed by atoms with van der Waals surface area (Å²) in [6, 6.07) is 0.666. The fourth-order valence-corrected chi connectivity index (χ4v) is 1.64. The normalized spacial score (nSPS) is 11.6. The Kier molecular flexibility index (Phi) is 12.3. The molecule has 0 amide bonds. The lowest BCUT2D eigenvalue weighted by molar-refractivity contribution is 0.269. The van der Waals surface area contributed by atoms with Crippen molar-refractivity contribution in [3.63, 3.8) is 0 Å². The highest BCUT2D eigenvalue weighted by Gasteiger charge is 2.01. The summed E-state index contributed by atoms with van der Waals surface area (Å²) < 4.78 is 0. The maximum atomic E-state index is 3.52. The van der Waals surface area contributed by atoms with E-state index in [1.807, 2.05) is 0 Å². The third kappa shape index (κ3) is 12.1. The number of rotatable bonds is 12. The minimum Gasteiger partial charge on any atom is -0.317 e. The van der Waals surface area contributed by atoms with Crippen molar-refractivity contribution in [2.24, 2.45) is 0 Å². The zero-order chi connectivity index (χ0) is 12.9. The Bertz CT molecular complexity index is 148. The van der Waals surface area contributed by atoms with Crippen LogP contribution in [0.15, 0.2) is 0 Å². The average Bonchev–Trinajstić information content (AvgIpc) is 2.31. The first-order valence-electron chi connectivity index (χ1n) is 7.30. The van der Waals surface area contributed by atoms with Gasteiger partial charge in [-0.2, -0.15) is 0 Å². The van der Waals surface area contributed by atoms with E-state index in [1.165, 1.54) is 45.3 Å². The van der Waals surface area contributed by atoms with Crippen LogP contribution in [-0.2, 0) is 0 Å². The van der Waals surface area contributed by atoms with Gasteiger partial charge in [0.1, 0.15) is 0 Å². The van der Waals surface area contributed by atoms with Gasteiger partial charge >= 0.3 is 0 Å². The van der Waals surface area contributed by atoms with Crippen molar-refractivity contribution in [2.45, 2.75) is 52.5 Å². The van der Waals surface area contributed by atoms with Crippen molar-refractivity contribution in [1.82, 2.24) is 15.5 Å². The third-order valence-corrected chi connectivity index (χ3v) is 3.13. The minimum atomic E-state index is 0.666. The molecular weight excluding hydrogens is 210 g/mol. The van der Waals surface area contributed by atoms with E-state index in [0.29, 0.717) is 6.04 Å². The van der Waals surface area contributed by atoms with Gasteiger partial charge in [-0.1, -0.05) is 6.92 Å². The van der Waals surface area contributed by atoms with Crippen molar-refractivity contribution in [3.8, 4) is 0 Å². The van der Waals surface area contributed by atoms with Gasteiger partial charge in [-0.3, -0.25) is 0 Å². The van der Waals surface area contributed by atoms with E-state index in [4.69, 9.17) is 0 Å². The highest BCUT2D eigenvalue weighted by molar-refractivity contribution is 4.58. The van der Waals surface area contributed by atoms with Crippen LogP contribution in [0.3, 0.4) is 0 Å². The Balaban J connectivity index is 3.03. The van der Waals surface area contributed by atoms with Crippen molar-refractivity contribution in [3.05, 3.63) is 0 Å². The fraction of sp³-hybridized carbons (Fsp3) is 1.00. The van der Waals surface area contributed by atoms with Crippen LogP contribution < -0.4 is 10.6 Å². The van der Waals surface area contributed by atoms with Crippen LogP contribution in [0.25, 0.3) is 0 Å². The summed E-state index contributed by atoms with van der Waals surface area (Å²) in [6.45, 7) is 12.6. The quantitative estimate of drug-likeness (QED) is 0.514. The number of hydrogen-bond acceptors (Lipinski definition) is 3. The average molecular weight is 243 g/mol. The zero-order valence-electron chi connectivity index (χ0n) is 12.4. The van der Waals surface area contributed by atoms with Crippen LogP contribution in [0.1, 0.15) is 46.5 Å².